The first-order chi connectivity index (χ1) is 18.4. The number of carbonyl (C=O) groups is 2. The Bertz CT molecular complexity index is 1040. The number of rotatable bonds is 10. The lowest BCUT2D eigenvalue weighted by atomic mass is 9.93. The van der Waals surface area contributed by atoms with Crippen LogP contribution < -0.4 is 11.1 Å². The van der Waals surface area contributed by atoms with Gasteiger partial charge in [0, 0.05) is 64.0 Å². The number of ether oxygens (including phenoxy) is 1. The van der Waals surface area contributed by atoms with Crippen LogP contribution in [0, 0.1) is 13.8 Å². The summed E-state index contributed by atoms with van der Waals surface area (Å²) in [5.41, 5.74) is 9.90. The Labute approximate surface area is 227 Å². The molecule has 4 rings (SSSR count). The molecular weight excluding hydrogens is 478 g/mol. The highest BCUT2D eigenvalue weighted by molar-refractivity contribution is 5.97. The molecule has 0 saturated carbocycles. The van der Waals surface area contributed by atoms with Gasteiger partial charge in [-0.25, -0.2) is 0 Å². The fourth-order valence-electron chi connectivity index (χ4n) is 5.36. The van der Waals surface area contributed by atoms with Crippen molar-refractivity contribution in [1.29, 1.82) is 0 Å². The van der Waals surface area contributed by atoms with Gasteiger partial charge < -0.3 is 20.7 Å². The SMILES string of the molecule is Cc1ccc(CN(CCN2CCOCC2)C2CCN(C(=O)c3ccc(C)cc3)[C@@H](C(=O)NCCN)C2)cc1. The predicted molar refractivity (Wildman–Crippen MR) is 150 cm³/mol. The van der Waals surface area contributed by atoms with E-state index in [1.807, 2.05) is 31.2 Å². The van der Waals surface area contributed by atoms with E-state index in [2.05, 4.69) is 46.3 Å². The van der Waals surface area contributed by atoms with Crippen LogP contribution in [-0.4, -0.2) is 97.6 Å². The molecule has 2 amide bonds. The van der Waals surface area contributed by atoms with Gasteiger partial charge in [-0.05, 0) is 44.4 Å². The Morgan fingerprint density at radius 3 is 2.32 bits per heavy atom. The molecule has 2 fully saturated rings. The van der Waals surface area contributed by atoms with E-state index in [0.717, 1.165) is 57.9 Å². The minimum atomic E-state index is -0.530. The third-order valence-corrected chi connectivity index (χ3v) is 7.71. The summed E-state index contributed by atoms with van der Waals surface area (Å²) < 4.78 is 5.53. The molecule has 2 saturated heterocycles. The van der Waals surface area contributed by atoms with E-state index in [-0.39, 0.29) is 17.9 Å². The van der Waals surface area contributed by atoms with E-state index in [0.29, 0.717) is 31.6 Å². The number of hydrogen-bond donors (Lipinski definition) is 2. The smallest absolute Gasteiger partial charge is 0.254 e. The number of morpholine rings is 1. The Kier molecular flexibility index (Phi) is 10.3. The highest BCUT2D eigenvalue weighted by Crippen LogP contribution is 2.26. The number of hydrogen-bond acceptors (Lipinski definition) is 6. The molecule has 0 aliphatic carbocycles. The van der Waals surface area contributed by atoms with Crippen LogP contribution in [-0.2, 0) is 16.1 Å². The Morgan fingerprint density at radius 2 is 1.66 bits per heavy atom. The van der Waals surface area contributed by atoms with Crippen LogP contribution in [0.2, 0.25) is 0 Å². The average Bonchev–Trinajstić information content (AvgIpc) is 2.95. The summed E-state index contributed by atoms with van der Waals surface area (Å²) in [6.45, 7) is 11.6. The largest absolute Gasteiger partial charge is 0.379 e. The van der Waals surface area contributed by atoms with Crippen molar-refractivity contribution in [3.63, 3.8) is 0 Å². The highest BCUT2D eigenvalue weighted by Gasteiger charge is 2.38. The second kappa shape index (κ2) is 13.8. The van der Waals surface area contributed by atoms with Crippen molar-refractivity contribution >= 4 is 11.8 Å². The molecule has 3 N–H and O–H groups in total. The molecule has 8 heteroatoms. The van der Waals surface area contributed by atoms with Gasteiger partial charge >= 0.3 is 0 Å². The van der Waals surface area contributed by atoms with Crippen molar-refractivity contribution in [2.24, 2.45) is 5.73 Å². The molecule has 2 aromatic carbocycles. The van der Waals surface area contributed by atoms with E-state index < -0.39 is 6.04 Å². The van der Waals surface area contributed by atoms with Gasteiger partial charge in [-0.3, -0.25) is 19.4 Å². The van der Waals surface area contributed by atoms with Gasteiger partial charge in [0.15, 0.2) is 0 Å². The van der Waals surface area contributed by atoms with Gasteiger partial charge in [-0.2, -0.15) is 0 Å². The maximum absolute atomic E-state index is 13.5. The number of carbonyl (C=O) groups excluding carboxylic acids is 2. The molecule has 1 unspecified atom stereocenters. The first-order valence-electron chi connectivity index (χ1n) is 13.9. The zero-order valence-corrected chi connectivity index (χ0v) is 22.9. The van der Waals surface area contributed by atoms with Gasteiger partial charge in [0.2, 0.25) is 5.91 Å². The third-order valence-electron chi connectivity index (χ3n) is 7.71. The van der Waals surface area contributed by atoms with Crippen LogP contribution in [0.15, 0.2) is 48.5 Å². The number of nitrogens with zero attached hydrogens (tertiary/aromatic N) is 3. The Morgan fingerprint density at radius 1 is 1.00 bits per heavy atom. The van der Waals surface area contributed by atoms with Crippen molar-refractivity contribution in [1.82, 2.24) is 20.0 Å². The van der Waals surface area contributed by atoms with Crippen LogP contribution in [0.25, 0.3) is 0 Å². The molecule has 0 bridgehead atoms. The number of amides is 2. The molecule has 2 aliphatic rings. The van der Waals surface area contributed by atoms with Crippen molar-refractivity contribution in [3.05, 3.63) is 70.8 Å². The first-order valence-corrected chi connectivity index (χ1v) is 13.9. The van der Waals surface area contributed by atoms with Gasteiger partial charge in [0.05, 0.1) is 13.2 Å². The quantitative estimate of drug-likeness (QED) is 0.498. The lowest BCUT2D eigenvalue weighted by Crippen LogP contribution is -2.58. The summed E-state index contributed by atoms with van der Waals surface area (Å²) in [6.07, 6.45) is 1.43. The van der Waals surface area contributed by atoms with Crippen molar-refractivity contribution in [2.75, 3.05) is 59.0 Å². The van der Waals surface area contributed by atoms with E-state index >= 15 is 0 Å². The standard InChI is InChI=1S/C30H43N5O3/c1-23-3-7-25(8-4-23)22-34(16-15-33-17-19-38-20-18-33)27-11-14-35(28(21-27)29(36)32-13-12-31)30(37)26-9-5-24(2)6-10-26/h3-10,27-28H,11-22,31H2,1-2H3,(H,32,36)/t27?,28-/m1/s1. The Balaban J connectivity index is 1.52. The molecule has 2 heterocycles. The normalized spacial score (nSPS) is 20.5. The Hall–Kier alpha value is -2.78. The number of benzene rings is 2. The zero-order chi connectivity index (χ0) is 26.9. The van der Waals surface area contributed by atoms with E-state index in [1.54, 1.807) is 4.90 Å². The van der Waals surface area contributed by atoms with Crippen molar-refractivity contribution in [3.8, 4) is 0 Å². The summed E-state index contributed by atoms with van der Waals surface area (Å²) >= 11 is 0. The zero-order valence-electron chi connectivity index (χ0n) is 22.9. The third kappa shape index (κ3) is 7.63. The summed E-state index contributed by atoms with van der Waals surface area (Å²) in [4.78, 5) is 33.6. The predicted octanol–water partition coefficient (Wildman–Crippen LogP) is 2.19. The summed E-state index contributed by atoms with van der Waals surface area (Å²) in [5, 5.41) is 2.95. The maximum Gasteiger partial charge on any atom is 0.254 e. The summed E-state index contributed by atoms with van der Waals surface area (Å²) in [7, 11) is 0. The number of aryl methyl sites for hydroxylation is 2. The minimum absolute atomic E-state index is 0.0882. The van der Waals surface area contributed by atoms with Gasteiger partial charge in [0.1, 0.15) is 6.04 Å². The molecule has 38 heavy (non-hydrogen) atoms. The number of nitrogens with one attached hydrogen (secondary N) is 1. The fraction of sp³-hybridized carbons (Fsp3) is 0.533. The molecule has 2 aliphatic heterocycles. The maximum atomic E-state index is 13.5. The lowest BCUT2D eigenvalue weighted by Gasteiger charge is -2.43. The van der Waals surface area contributed by atoms with E-state index in [1.165, 1.54) is 11.1 Å². The lowest BCUT2D eigenvalue weighted by molar-refractivity contribution is -0.127. The molecule has 8 nitrogen and oxygen atoms in total. The number of piperidine rings is 1. The fourth-order valence-corrected chi connectivity index (χ4v) is 5.36. The summed E-state index contributed by atoms with van der Waals surface area (Å²) in [6, 6.07) is 15.9. The van der Waals surface area contributed by atoms with E-state index in [4.69, 9.17) is 10.5 Å². The van der Waals surface area contributed by atoms with Gasteiger partial charge in [-0.15, -0.1) is 0 Å². The van der Waals surface area contributed by atoms with Gasteiger partial charge in [0.25, 0.3) is 5.91 Å². The molecule has 0 radical (unpaired) electrons. The first kappa shape index (κ1) is 28.2. The minimum Gasteiger partial charge on any atom is -0.379 e. The van der Waals surface area contributed by atoms with Crippen LogP contribution in [0.5, 0.6) is 0 Å². The second-order valence-corrected chi connectivity index (χ2v) is 10.5. The number of likely N-dealkylation sites (tertiary alicyclic amines) is 1. The second-order valence-electron chi connectivity index (χ2n) is 10.5. The molecule has 2 aromatic rings. The summed E-state index contributed by atoms with van der Waals surface area (Å²) in [5.74, 6) is -0.209. The monoisotopic (exact) mass is 521 g/mol. The molecule has 0 spiro atoms. The highest BCUT2D eigenvalue weighted by atomic mass is 16.5. The molecule has 2 atom stereocenters. The van der Waals surface area contributed by atoms with Crippen LogP contribution in [0.1, 0.15) is 39.9 Å². The van der Waals surface area contributed by atoms with Crippen molar-refractivity contribution in [2.45, 2.75) is 45.3 Å². The van der Waals surface area contributed by atoms with Crippen LogP contribution in [0.4, 0.5) is 0 Å². The van der Waals surface area contributed by atoms with Crippen LogP contribution in [0.3, 0.4) is 0 Å². The van der Waals surface area contributed by atoms with Crippen molar-refractivity contribution < 1.29 is 14.3 Å². The van der Waals surface area contributed by atoms with E-state index in [9.17, 15) is 9.59 Å². The van der Waals surface area contributed by atoms with Gasteiger partial charge in [-0.1, -0.05) is 47.5 Å². The number of nitrogens with two attached hydrogens (primary N) is 1. The average molecular weight is 522 g/mol. The van der Waals surface area contributed by atoms with Crippen LogP contribution >= 0.6 is 0 Å². The molecular formula is C30H43N5O3. The molecule has 0 aromatic heterocycles. The topological polar surface area (TPSA) is 91.1 Å². The molecule has 206 valence electrons.